The topological polar surface area (TPSA) is 78.0 Å². The zero-order chi connectivity index (χ0) is 14.4. The number of nitrogens with zero attached hydrogens (tertiary/aromatic N) is 1. The number of thiophene rings is 1. The van der Waals surface area contributed by atoms with Crippen LogP contribution in [0.2, 0.25) is 0 Å². The van der Waals surface area contributed by atoms with E-state index >= 15 is 0 Å². The third kappa shape index (κ3) is 3.47. The van der Waals surface area contributed by atoms with E-state index in [1.807, 2.05) is 18.4 Å². The van der Waals surface area contributed by atoms with Crippen molar-refractivity contribution in [2.75, 3.05) is 6.61 Å². The van der Waals surface area contributed by atoms with Gasteiger partial charge in [-0.05, 0) is 18.4 Å². The molecule has 2 aromatic rings. The molecule has 104 valence electrons. The molecule has 0 aromatic carbocycles. The first-order valence-electron chi connectivity index (χ1n) is 6.19. The van der Waals surface area contributed by atoms with Crippen LogP contribution in [0.3, 0.4) is 0 Å². The molecule has 0 saturated heterocycles. The maximum absolute atomic E-state index is 12.2. The van der Waals surface area contributed by atoms with Crippen LogP contribution in [0.25, 0.3) is 0 Å². The van der Waals surface area contributed by atoms with Gasteiger partial charge in [-0.3, -0.25) is 4.79 Å². The molecule has 3 N–H and O–H groups in total. The number of nitrogens with one attached hydrogen (secondary N) is 2. The number of imidazole rings is 1. The van der Waals surface area contributed by atoms with Crippen molar-refractivity contribution in [3.05, 3.63) is 40.1 Å². The van der Waals surface area contributed by atoms with E-state index in [-0.39, 0.29) is 18.6 Å². The second-order valence-corrected chi connectivity index (χ2v) is 5.02. The highest BCUT2D eigenvalue weighted by molar-refractivity contribution is 7.12. The summed E-state index contributed by atoms with van der Waals surface area (Å²) in [7, 11) is 0. The first kappa shape index (κ1) is 14.3. The summed E-state index contributed by atoms with van der Waals surface area (Å²) in [5.41, 5.74) is 0.688. The van der Waals surface area contributed by atoms with Gasteiger partial charge in [-0.15, -0.1) is 11.3 Å². The van der Waals surface area contributed by atoms with Crippen LogP contribution in [-0.4, -0.2) is 27.6 Å². The maximum atomic E-state index is 12.2. The Morgan fingerprint density at radius 3 is 3.20 bits per heavy atom. The largest absolute Gasteiger partial charge is 0.395 e. The Labute approximate surface area is 121 Å². The molecule has 0 radical (unpaired) electrons. The Balaban J connectivity index is 2.07. The van der Waals surface area contributed by atoms with Crippen LogP contribution in [0.5, 0.6) is 0 Å². The van der Waals surface area contributed by atoms with Gasteiger partial charge in [-0.1, -0.05) is 11.8 Å². The molecular formula is C14H15N3O2S. The van der Waals surface area contributed by atoms with Crippen LogP contribution in [0.1, 0.15) is 40.4 Å². The second-order valence-electron chi connectivity index (χ2n) is 4.11. The number of aliphatic hydroxyl groups is 1. The van der Waals surface area contributed by atoms with Gasteiger partial charge in [0, 0.05) is 24.4 Å². The summed E-state index contributed by atoms with van der Waals surface area (Å²) >= 11 is 1.35. The lowest BCUT2D eigenvalue weighted by molar-refractivity contribution is 0.0942. The Morgan fingerprint density at radius 2 is 2.50 bits per heavy atom. The maximum Gasteiger partial charge on any atom is 0.263 e. The van der Waals surface area contributed by atoms with E-state index in [0.29, 0.717) is 22.7 Å². The van der Waals surface area contributed by atoms with Crippen molar-refractivity contribution in [1.82, 2.24) is 15.3 Å². The number of aromatic amines is 1. The summed E-state index contributed by atoms with van der Waals surface area (Å²) in [5, 5.41) is 13.4. The average molecular weight is 289 g/mol. The van der Waals surface area contributed by atoms with Crippen LogP contribution in [0, 0.1) is 11.8 Å². The van der Waals surface area contributed by atoms with E-state index in [9.17, 15) is 4.79 Å². The lowest BCUT2D eigenvalue weighted by Gasteiger charge is -2.10. The molecule has 0 saturated carbocycles. The summed E-state index contributed by atoms with van der Waals surface area (Å²) in [5.74, 6) is 6.26. The zero-order valence-corrected chi connectivity index (χ0v) is 11.8. The van der Waals surface area contributed by atoms with Crippen molar-refractivity contribution < 1.29 is 9.90 Å². The minimum atomic E-state index is -0.196. The van der Waals surface area contributed by atoms with Gasteiger partial charge in [-0.25, -0.2) is 4.98 Å². The molecule has 0 aliphatic carbocycles. The van der Waals surface area contributed by atoms with Crippen LogP contribution in [0.4, 0.5) is 0 Å². The molecule has 0 fully saturated rings. The van der Waals surface area contributed by atoms with E-state index in [2.05, 4.69) is 27.1 Å². The SMILES string of the molecule is CC(NC(=O)c1sccc1C#CCCO)c1ncc[nH]1. The fraction of sp³-hybridized carbons (Fsp3) is 0.286. The van der Waals surface area contributed by atoms with Crippen molar-refractivity contribution >= 4 is 17.2 Å². The van der Waals surface area contributed by atoms with E-state index in [1.54, 1.807) is 12.4 Å². The van der Waals surface area contributed by atoms with E-state index in [0.717, 1.165) is 0 Å². The molecule has 1 unspecified atom stereocenters. The number of carbonyl (C=O) groups excluding carboxylic acids is 1. The van der Waals surface area contributed by atoms with Crippen LogP contribution in [-0.2, 0) is 0 Å². The molecule has 2 rings (SSSR count). The third-order valence-electron chi connectivity index (χ3n) is 2.61. The van der Waals surface area contributed by atoms with E-state index in [1.165, 1.54) is 11.3 Å². The average Bonchev–Trinajstić information content (AvgIpc) is 3.10. The highest BCUT2D eigenvalue weighted by Crippen LogP contribution is 2.17. The summed E-state index contributed by atoms with van der Waals surface area (Å²) in [6.45, 7) is 1.88. The summed E-state index contributed by atoms with van der Waals surface area (Å²) in [6.07, 6.45) is 3.77. The zero-order valence-electron chi connectivity index (χ0n) is 11.0. The fourth-order valence-corrected chi connectivity index (χ4v) is 2.39. The normalized spacial score (nSPS) is 11.5. The molecule has 5 nitrogen and oxygen atoms in total. The molecule has 2 heterocycles. The van der Waals surface area contributed by atoms with Crippen LogP contribution >= 0.6 is 11.3 Å². The molecule has 0 spiro atoms. The molecule has 2 aromatic heterocycles. The van der Waals surface area contributed by atoms with Gasteiger partial charge in [0.25, 0.3) is 5.91 Å². The summed E-state index contributed by atoms with van der Waals surface area (Å²) in [4.78, 5) is 19.9. The van der Waals surface area contributed by atoms with Gasteiger partial charge in [0.15, 0.2) is 0 Å². The molecule has 1 amide bonds. The van der Waals surface area contributed by atoms with Gasteiger partial charge in [0.1, 0.15) is 10.7 Å². The van der Waals surface area contributed by atoms with Gasteiger partial charge < -0.3 is 15.4 Å². The molecule has 20 heavy (non-hydrogen) atoms. The number of aromatic nitrogens is 2. The monoisotopic (exact) mass is 289 g/mol. The standard InChI is InChI=1S/C14H15N3O2S/c1-10(13-15-6-7-16-13)17-14(19)12-11(5-9-20-12)4-2-3-8-18/h5-7,9-10,18H,3,8H2,1H3,(H,15,16)(H,17,19). The van der Waals surface area contributed by atoms with Crippen LogP contribution in [0.15, 0.2) is 23.8 Å². The second kappa shape index (κ2) is 6.89. The quantitative estimate of drug-likeness (QED) is 0.750. The molecule has 1 atom stereocenters. The number of rotatable bonds is 4. The molecule has 0 aliphatic rings. The molecular weight excluding hydrogens is 274 g/mol. The lowest BCUT2D eigenvalue weighted by atomic mass is 10.2. The fourth-order valence-electron chi connectivity index (χ4n) is 1.64. The number of H-pyrrole nitrogens is 1. The predicted molar refractivity (Wildman–Crippen MR) is 77.4 cm³/mol. The first-order chi connectivity index (χ1) is 9.72. The van der Waals surface area contributed by atoms with Gasteiger partial charge in [-0.2, -0.15) is 0 Å². The van der Waals surface area contributed by atoms with Gasteiger partial charge in [0.05, 0.1) is 12.6 Å². The minimum Gasteiger partial charge on any atom is -0.395 e. The lowest BCUT2D eigenvalue weighted by Crippen LogP contribution is -2.27. The van der Waals surface area contributed by atoms with Gasteiger partial charge in [0.2, 0.25) is 0 Å². The number of aliphatic hydroxyl groups excluding tert-OH is 1. The number of hydrogen-bond acceptors (Lipinski definition) is 4. The van der Waals surface area contributed by atoms with Crippen LogP contribution < -0.4 is 5.32 Å². The first-order valence-corrected chi connectivity index (χ1v) is 7.07. The number of amides is 1. The highest BCUT2D eigenvalue weighted by Gasteiger charge is 2.16. The van der Waals surface area contributed by atoms with Crippen molar-refractivity contribution in [3.8, 4) is 11.8 Å². The molecule has 6 heteroatoms. The van der Waals surface area contributed by atoms with Crippen molar-refractivity contribution in [2.45, 2.75) is 19.4 Å². The molecule has 0 aliphatic heterocycles. The van der Waals surface area contributed by atoms with Gasteiger partial charge >= 0.3 is 0 Å². The summed E-state index contributed by atoms with van der Waals surface area (Å²) in [6, 6.07) is 1.61. The Bertz CT molecular complexity index is 622. The Kier molecular flexibility index (Phi) is 4.93. The van der Waals surface area contributed by atoms with E-state index < -0.39 is 0 Å². The molecule has 0 bridgehead atoms. The predicted octanol–water partition coefficient (Wildman–Crippen LogP) is 1.70. The van der Waals surface area contributed by atoms with Crippen molar-refractivity contribution in [3.63, 3.8) is 0 Å². The third-order valence-corrected chi connectivity index (χ3v) is 3.52. The number of hydrogen-bond donors (Lipinski definition) is 3. The Morgan fingerprint density at radius 1 is 1.65 bits per heavy atom. The summed E-state index contributed by atoms with van der Waals surface area (Å²) < 4.78 is 0. The highest BCUT2D eigenvalue weighted by atomic mass is 32.1. The minimum absolute atomic E-state index is 0.0220. The van der Waals surface area contributed by atoms with E-state index in [4.69, 9.17) is 5.11 Å². The number of carbonyl (C=O) groups is 1. The Hall–Kier alpha value is -2.10. The smallest absolute Gasteiger partial charge is 0.263 e. The van der Waals surface area contributed by atoms with Crippen molar-refractivity contribution in [2.24, 2.45) is 0 Å². The van der Waals surface area contributed by atoms with Crippen molar-refractivity contribution in [1.29, 1.82) is 0 Å².